The highest BCUT2D eigenvalue weighted by Gasteiger charge is 2.17. The number of nitrogens with zero attached hydrogens (tertiary/aromatic N) is 2. The fraction of sp³-hybridized carbons (Fsp3) is 0.200. The van der Waals surface area contributed by atoms with Gasteiger partial charge in [-0.3, -0.25) is 0 Å². The zero-order valence-corrected chi connectivity index (χ0v) is 15.9. The summed E-state index contributed by atoms with van der Waals surface area (Å²) < 4.78 is 15.6. The van der Waals surface area contributed by atoms with E-state index in [2.05, 4.69) is 31.2 Å². The number of anilines is 1. The van der Waals surface area contributed by atoms with Gasteiger partial charge in [0.25, 0.3) is 0 Å². The number of hydrogen-bond acceptors (Lipinski definition) is 3. The predicted octanol–water partition coefficient (Wildman–Crippen LogP) is 5.92. The van der Waals surface area contributed by atoms with Crippen LogP contribution in [-0.2, 0) is 0 Å². The summed E-state index contributed by atoms with van der Waals surface area (Å²) in [7, 11) is 0. The Morgan fingerprint density at radius 2 is 1.64 bits per heavy atom. The smallest absolute Gasteiger partial charge is 0.159 e. The monoisotopic (exact) mass is 399 g/mol. The summed E-state index contributed by atoms with van der Waals surface area (Å²) >= 11 is 3.43. The average molecular weight is 400 g/mol. The summed E-state index contributed by atoms with van der Waals surface area (Å²) in [5.41, 5.74) is 2.16. The summed E-state index contributed by atoms with van der Waals surface area (Å²) in [6.45, 7) is 6.12. The van der Waals surface area contributed by atoms with Crippen molar-refractivity contribution in [2.24, 2.45) is 0 Å². The SMILES string of the molecule is CC(C)(C)Nc1ncc(-c2cccc(-c3ccccc3)c2F)nc1Br. The van der Waals surface area contributed by atoms with Gasteiger partial charge in [-0.05, 0) is 48.3 Å². The van der Waals surface area contributed by atoms with Crippen LogP contribution in [0.25, 0.3) is 22.4 Å². The van der Waals surface area contributed by atoms with Gasteiger partial charge >= 0.3 is 0 Å². The molecule has 0 unspecified atom stereocenters. The fourth-order valence-corrected chi connectivity index (χ4v) is 2.90. The van der Waals surface area contributed by atoms with Crippen molar-refractivity contribution in [1.82, 2.24) is 9.97 Å². The van der Waals surface area contributed by atoms with E-state index in [0.717, 1.165) is 5.56 Å². The number of benzene rings is 2. The maximum atomic E-state index is 15.0. The van der Waals surface area contributed by atoms with Crippen LogP contribution in [0.2, 0.25) is 0 Å². The molecule has 0 aliphatic carbocycles. The van der Waals surface area contributed by atoms with E-state index < -0.39 is 0 Å². The minimum Gasteiger partial charge on any atom is -0.363 e. The molecule has 1 N–H and O–H groups in total. The Morgan fingerprint density at radius 3 is 2.28 bits per heavy atom. The molecular formula is C20H19BrFN3. The number of nitrogens with one attached hydrogen (secondary N) is 1. The van der Waals surface area contributed by atoms with Crippen molar-refractivity contribution < 1.29 is 4.39 Å². The maximum Gasteiger partial charge on any atom is 0.159 e. The Kier molecular flexibility index (Phi) is 4.86. The third-order valence-corrected chi connectivity index (χ3v) is 4.14. The third kappa shape index (κ3) is 4.04. The first kappa shape index (κ1) is 17.5. The molecule has 0 atom stereocenters. The molecule has 2 aromatic carbocycles. The fourth-order valence-electron chi connectivity index (χ4n) is 2.51. The van der Waals surface area contributed by atoms with E-state index in [-0.39, 0.29) is 11.4 Å². The van der Waals surface area contributed by atoms with Gasteiger partial charge in [-0.1, -0.05) is 42.5 Å². The first-order valence-corrected chi connectivity index (χ1v) is 8.79. The standard InChI is InChI=1S/C20H19BrFN3/c1-20(2,3)25-19-18(21)24-16(12-23-19)15-11-7-10-14(17(15)22)13-8-5-4-6-9-13/h4-12H,1-3H3,(H,23,25). The van der Waals surface area contributed by atoms with Crippen LogP contribution in [0.1, 0.15) is 20.8 Å². The highest BCUT2D eigenvalue weighted by molar-refractivity contribution is 9.10. The Labute approximate surface area is 155 Å². The number of aromatic nitrogens is 2. The van der Waals surface area contributed by atoms with Gasteiger partial charge in [0.05, 0.1) is 11.9 Å². The van der Waals surface area contributed by atoms with E-state index in [9.17, 15) is 0 Å². The van der Waals surface area contributed by atoms with Crippen LogP contribution in [0.5, 0.6) is 0 Å². The van der Waals surface area contributed by atoms with Crippen LogP contribution in [-0.4, -0.2) is 15.5 Å². The maximum absolute atomic E-state index is 15.0. The highest BCUT2D eigenvalue weighted by atomic mass is 79.9. The van der Waals surface area contributed by atoms with Gasteiger partial charge < -0.3 is 5.32 Å². The van der Waals surface area contributed by atoms with E-state index in [1.165, 1.54) is 0 Å². The van der Waals surface area contributed by atoms with Crippen LogP contribution >= 0.6 is 15.9 Å². The molecule has 128 valence electrons. The molecule has 0 aliphatic heterocycles. The van der Waals surface area contributed by atoms with E-state index in [4.69, 9.17) is 0 Å². The second-order valence-electron chi connectivity index (χ2n) is 6.80. The van der Waals surface area contributed by atoms with Crippen molar-refractivity contribution in [2.75, 3.05) is 5.32 Å². The van der Waals surface area contributed by atoms with Gasteiger partial charge in [-0.25, -0.2) is 14.4 Å². The van der Waals surface area contributed by atoms with E-state index >= 15 is 4.39 Å². The van der Waals surface area contributed by atoms with Crippen LogP contribution in [0.4, 0.5) is 10.2 Å². The van der Waals surface area contributed by atoms with Crippen LogP contribution < -0.4 is 5.32 Å². The molecule has 3 rings (SSSR count). The molecule has 0 radical (unpaired) electrons. The van der Waals surface area contributed by atoms with E-state index in [1.54, 1.807) is 18.3 Å². The summed E-state index contributed by atoms with van der Waals surface area (Å²) in [6.07, 6.45) is 1.59. The van der Waals surface area contributed by atoms with Crippen molar-refractivity contribution in [3.8, 4) is 22.4 Å². The van der Waals surface area contributed by atoms with Crippen LogP contribution in [0.15, 0.2) is 59.3 Å². The summed E-state index contributed by atoms with van der Waals surface area (Å²) in [6, 6.07) is 14.8. The average Bonchev–Trinajstić information content (AvgIpc) is 2.57. The molecule has 1 heterocycles. The van der Waals surface area contributed by atoms with Gasteiger partial charge in [-0.15, -0.1) is 0 Å². The van der Waals surface area contributed by atoms with Crippen molar-refractivity contribution >= 4 is 21.7 Å². The number of rotatable bonds is 3. The predicted molar refractivity (Wildman–Crippen MR) is 104 cm³/mol. The molecule has 0 aliphatic rings. The Bertz CT molecular complexity index is 889. The molecular weight excluding hydrogens is 381 g/mol. The second kappa shape index (κ2) is 6.92. The Morgan fingerprint density at radius 1 is 0.960 bits per heavy atom. The molecule has 0 spiro atoms. The van der Waals surface area contributed by atoms with Gasteiger partial charge in [0.1, 0.15) is 10.4 Å². The van der Waals surface area contributed by atoms with Gasteiger partial charge in [0.2, 0.25) is 0 Å². The molecule has 0 bridgehead atoms. The summed E-state index contributed by atoms with van der Waals surface area (Å²) in [5, 5.41) is 3.27. The normalized spacial score (nSPS) is 11.4. The summed E-state index contributed by atoms with van der Waals surface area (Å²) in [4.78, 5) is 8.87. The van der Waals surface area contributed by atoms with Crippen LogP contribution in [0.3, 0.4) is 0 Å². The minimum absolute atomic E-state index is 0.142. The molecule has 3 aromatic rings. The lowest BCUT2D eigenvalue weighted by atomic mass is 10.0. The lowest BCUT2D eigenvalue weighted by molar-refractivity contribution is 0.628. The van der Waals surface area contributed by atoms with Crippen molar-refractivity contribution in [1.29, 1.82) is 0 Å². The Hall–Kier alpha value is -2.27. The Balaban J connectivity index is 2.02. The highest BCUT2D eigenvalue weighted by Crippen LogP contribution is 2.31. The molecule has 0 fully saturated rings. The van der Waals surface area contributed by atoms with Crippen molar-refractivity contribution in [3.63, 3.8) is 0 Å². The molecule has 0 saturated carbocycles. The zero-order valence-electron chi connectivity index (χ0n) is 14.3. The van der Waals surface area contributed by atoms with Crippen LogP contribution in [0, 0.1) is 5.82 Å². The first-order valence-electron chi connectivity index (χ1n) is 8.00. The molecule has 5 heteroatoms. The second-order valence-corrected chi connectivity index (χ2v) is 7.55. The van der Waals surface area contributed by atoms with Gasteiger partial charge in [-0.2, -0.15) is 0 Å². The van der Waals surface area contributed by atoms with E-state index in [0.29, 0.717) is 27.2 Å². The number of halogens is 2. The van der Waals surface area contributed by atoms with Gasteiger partial charge in [0, 0.05) is 16.7 Å². The molecule has 3 nitrogen and oxygen atoms in total. The summed E-state index contributed by atoms with van der Waals surface area (Å²) in [5.74, 6) is 0.335. The zero-order chi connectivity index (χ0) is 18.0. The minimum atomic E-state index is -0.300. The quantitative estimate of drug-likeness (QED) is 0.593. The van der Waals surface area contributed by atoms with Gasteiger partial charge in [0.15, 0.2) is 5.82 Å². The topological polar surface area (TPSA) is 37.8 Å². The lowest BCUT2D eigenvalue weighted by Crippen LogP contribution is -2.27. The van der Waals surface area contributed by atoms with Crippen molar-refractivity contribution in [2.45, 2.75) is 26.3 Å². The molecule has 0 saturated heterocycles. The third-order valence-electron chi connectivity index (χ3n) is 3.58. The molecule has 0 amide bonds. The number of hydrogen-bond donors (Lipinski definition) is 1. The lowest BCUT2D eigenvalue weighted by Gasteiger charge is -2.21. The molecule has 1 aromatic heterocycles. The first-order chi connectivity index (χ1) is 11.8. The molecule has 25 heavy (non-hydrogen) atoms. The van der Waals surface area contributed by atoms with E-state index in [1.807, 2.05) is 57.2 Å². The largest absolute Gasteiger partial charge is 0.363 e. The van der Waals surface area contributed by atoms with Crippen molar-refractivity contribution in [3.05, 3.63) is 65.1 Å².